The Morgan fingerprint density at radius 2 is 2.04 bits per heavy atom. The quantitative estimate of drug-likeness (QED) is 0.848. The molecule has 0 unspecified atom stereocenters. The van der Waals surface area contributed by atoms with E-state index in [9.17, 15) is 9.59 Å². The zero-order chi connectivity index (χ0) is 17.3. The van der Waals surface area contributed by atoms with Gasteiger partial charge >= 0.3 is 5.97 Å². The molecule has 2 aliphatic rings. The van der Waals surface area contributed by atoms with Gasteiger partial charge in [0.05, 0.1) is 0 Å². The van der Waals surface area contributed by atoms with E-state index in [4.69, 9.17) is 9.84 Å². The van der Waals surface area contributed by atoms with Crippen LogP contribution in [-0.2, 0) is 19.7 Å². The zero-order valence-corrected chi connectivity index (χ0v) is 15.3. The highest BCUT2D eigenvalue weighted by atomic mass is 79.9. The lowest BCUT2D eigenvalue weighted by molar-refractivity contribution is -0.138. The summed E-state index contributed by atoms with van der Waals surface area (Å²) in [6.07, 6.45) is 2.10. The average molecular weight is 396 g/mol. The summed E-state index contributed by atoms with van der Waals surface area (Å²) in [5.74, 6) is -1.02. The van der Waals surface area contributed by atoms with Gasteiger partial charge in [-0.2, -0.15) is 0 Å². The van der Waals surface area contributed by atoms with Gasteiger partial charge in [-0.25, -0.2) is 0 Å². The molecule has 0 bridgehead atoms. The van der Waals surface area contributed by atoms with Crippen LogP contribution in [0.15, 0.2) is 22.7 Å². The third-order valence-electron chi connectivity index (χ3n) is 5.08. The number of benzene rings is 1. The Morgan fingerprint density at radius 3 is 2.71 bits per heavy atom. The molecule has 1 amide bonds. The van der Waals surface area contributed by atoms with Crippen molar-refractivity contribution < 1.29 is 19.4 Å². The van der Waals surface area contributed by atoms with Crippen molar-refractivity contribution in [2.45, 2.75) is 38.0 Å². The number of rotatable bonds is 4. The maximum Gasteiger partial charge on any atom is 0.303 e. The standard InChI is InChI=1S/C18H22BrNO4/c1-12(9-17(22)23)8-16(21)20-11-18(4-6-24-7-5-18)14-3-2-13(19)10-15(14)20/h2-3,10,12H,4-9,11H2,1H3,(H,22,23)/t12-/m0/s1. The van der Waals surface area contributed by atoms with Gasteiger partial charge in [0.2, 0.25) is 5.91 Å². The van der Waals surface area contributed by atoms with Gasteiger partial charge in [0.25, 0.3) is 0 Å². The van der Waals surface area contributed by atoms with Gasteiger partial charge in [0.15, 0.2) is 0 Å². The Hall–Kier alpha value is -1.40. The molecule has 1 atom stereocenters. The second kappa shape index (κ2) is 6.84. The predicted molar refractivity (Wildman–Crippen MR) is 94.3 cm³/mol. The Morgan fingerprint density at radius 1 is 1.33 bits per heavy atom. The number of aliphatic carboxylic acids is 1. The van der Waals surface area contributed by atoms with Gasteiger partial charge in [-0.05, 0) is 36.5 Å². The highest BCUT2D eigenvalue weighted by Gasteiger charge is 2.45. The van der Waals surface area contributed by atoms with Crippen molar-refractivity contribution in [2.24, 2.45) is 5.92 Å². The molecule has 2 heterocycles. The van der Waals surface area contributed by atoms with E-state index < -0.39 is 5.97 Å². The van der Waals surface area contributed by atoms with Crippen LogP contribution in [0.2, 0.25) is 0 Å². The first-order valence-corrected chi connectivity index (χ1v) is 9.10. The summed E-state index contributed by atoms with van der Waals surface area (Å²) in [7, 11) is 0. The van der Waals surface area contributed by atoms with Gasteiger partial charge in [-0.3, -0.25) is 9.59 Å². The summed E-state index contributed by atoms with van der Waals surface area (Å²) in [5.41, 5.74) is 2.15. The minimum atomic E-state index is -0.860. The van der Waals surface area contributed by atoms with E-state index in [-0.39, 0.29) is 30.1 Å². The largest absolute Gasteiger partial charge is 0.481 e. The molecule has 2 aliphatic heterocycles. The van der Waals surface area contributed by atoms with Crippen LogP contribution >= 0.6 is 15.9 Å². The van der Waals surface area contributed by atoms with Gasteiger partial charge < -0.3 is 14.7 Å². The van der Waals surface area contributed by atoms with Crippen molar-refractivity contribution in [1.82, 2.24) is 0 Å². The molecule has 6 heteroatoms. The number of ether oxygens (including phenoxy) is 1. The van der Waals surface area contributed by atoms with Crippen molar-refractivity contribution >= 4 is 33.5 Å². The van der Waals surface area contributed by atoms with Gasteiger partial charge in [-0.15, -0.1) is 0 Å². The van der Waals surface area contributed by atoms with Crippen LogP contribution < -0.4 is 4.90 Å². The predicted octanol–water partition coefficient (Wildman–Crippen LogP) is 3.34. The van der Waals surface area contributed by atoms with E-state index in [0.29, 0.717) is 19.8 Å². The Kier molecular flexibility index (Phi) is 4.97. The lowest BCUT2D eigenvalue weighted by atomic mass is 9.76. The molecule has 1 fully saturated rings. The van der Waals surface area contributed by atoms with Crippen LogP contribution in [0.4, 0.5) is 5.69 Å². The van der Waals surface area contributed by atoms with E-state index in [0.717, 1.165) is 23.0 Å². The summed E-state index contributed by atoms with van der Waals surface area (Å²) >= 11 is 3.50. The number of anilines is 1. The van der Waals surface area contributed by atoms with Gasteiger partial charge in [0.1, 0.15) is 0 Å². The number of carbonyl (C=O) groups excluding carboxylic acids is 1. The number of fused-ring (bicyclic) bond motifs is 2. The molecule has 1 aromatic carbocycles. The molecule has 1 N–H and O–H groups in total. The molecule has 0 aliphatic carbocycles. The van der Waals surface area contributed by atoms with E-state index in [2.05, 4.69) is 22.0 Å². The van der Waals surface area contributed by atoms with Crippen LogP contribution in [-0.4, -0.2) is 36.7 Å². The SMILES string of the molecule is C[C@H](CC(=O)O)CC(=O)N1CC2(CCOCC2)c2ccc(Br)cc21. The number of carboxylic acids is 1. The first-order valence-electron chi connectivity index (χ1n) is 8.31. The Bertz CT molecular complexity index is 654. The molecule has 1 aromatic rings. The van der Waals surface area contributed by atoms with Crippen molar-refractivity contribution in [3.05, 3.63) is 28.2 Å². The fourth-order valence-corrected chi connectivity index (χ4v) is 4.19. The summed E-state index contributed by atoms with van der Waals surface area (Å²) in [6, 6.07) is 6.13. The maximum atomic E-state index is 12.8. The summed E-state index contributed by atoms with van der Waals surface area (Å²) in [6.45, 7) is 3.91. The molecular formula is C18H22BrNO4. The van der Waals surface area contributed by atoms with Crippen LogP contribution in [0.3, 0.4) is 0 Å². The smallest absolute Gasteiger partial charge is 0.303 e. The monoisotopic (exact) mass is 395 g/mol. The number of amides is 1. The van der Waals surface area contributed by atoms with Crippen LogP contribution in [0.1, 0.15) is 38.2 Å². The molecular weight excluding hydrogens is 374 g/mol. The van der Waals surface area contributed by atoms with Crippen molar-refractivity contribution in [3.8, 4) is 0 Å². The third kappa shape index (κ3) is 3.35. The lowest BCUT2D eigenvalue weighted by Crippen LogP contribution is -2.41. The molecule has 0 saturated carbocycles. The minimum Gasteiger partial charge on any atom is -0.481 e. The molecule has 0 radical (unpaired) electrons. The highest BCUT2D eigenvalue weighted by molar-refractivity contribution is 9.10. The van der Waals surface area contributed by atoms with Gasteiger partial charge in [-0.1, -0.05) is 28.9 Å². The zero-order valence-electron chi connectivity index (χ0n) is 13.8. The number of nitrogens with zero attached hydrogens (tertiary/aromatic N) is 1. The van der Waals surface area contributed by atoms with Crippen molar-refractivity contribution in [3.63, 3.8) is 0 Å². The summed E-state index contributed by atoms with van der Waals surface area (Å²) < 4.78 is 6.47. The second-order valence-corrected chi connectivity index (χ2v) is 7.86. The van der Waals surface area contributed by atoms with E-state index >= 15 is 0 Å². The lowest BCUT2D eigenvalue weighted by Gasteiger charge is -2.34. The second-order valence-electron chi connectivity index (χ2n) is 6.94. The molecule has 3 rings (SSSR count). The molecule has 1 saturated heterocycles. The topological polar surface area (TPSA) is 66.8 Å². The first kappa shape index (κ1) is 17.4. The van der Waals surface area contributed by atoms with E-state index in [1.807, 2.05) is 24.0 Å². The number of hydrogen-bond acceptors (Lipinski definition) is 3. The van der Waals surface area contributed by atoms with Gasteiger partial charge in [0, 0.05) is 48.2 Å². The van der Waals surface area contributed by atoms with Crippen molar-refractivity contribution in [1.29, 1.82) is 0 Å². The van der Waals surface area contributed by atoms with Crippen LogP contribution in [0.25, 0.3) is 0 Å². The molecule has 1 spiro atoms. The van der Waals surface area contributed by atoms with Crippen LogP contribution in [0, 0.1) is 5.92 Å². The van der Waals surface area contributed by atoms with E-state index in [1.165, 1.54) is 5.56 Å². The maximum absolute atomic E-state index is 12.8. The third-order valence-corrected chi connectivity index (χ3v) is 5.57. The number of halogens is 1. The number of carboxylic acid groups (broad SMARTS) is 1. The fraction of sp³-hybridized carbons (Fsp3) is 0.556. The summed E-state index contributed by atoms with van der Waals surface area (Å²) in [5, 5.41) is 8.91. The number of carbonyl (C=O) groups is 2. The molecule has 130 valence electrons. The highest BCUT2D eigenvalue weighted by Crippen LogP contribution is 2.47. The Labute approximate surface area is 150 Å². The van der Waals surface area contributed by atoms with Crippen molar-refractivity contribution in [2.75, 3.05) is 24.7 Å². The first-order chi connectivity index (χ1) is 11.4. The molecule has 0 aromatic heterocycles. The normalized spacial score (nSPS) is 20.0. The summed E-state index contributed by atoms with van der Waals surface area (Å²) in [4.78, 5) is 25.5. The minimum absolute atomic E-state index is 0.00599. The van der Waals surface area contributed by atoms with Crippen LogP contribution in [0.5, 0.6) is 0 Å². The van der Waals surface area contributed by atoms with E-state index in [1.54, 1.807) is 0 Å². The molecule has 24 heavy (non-hydrogen) atoms. The fourth-order valence-electron chi connectivity index (χ4n) is 3.84. The molecule has 5 nitrogen and oxygen atoms in total. The number of hydrogen-bond donors (Lipinski definition) is 1. The Balaban J connectivity index is 1.86. The average Bonchev–Trinajstić information content (AvgIpc) is 2.81.